The Hall–Kier alpha value is -1.65. The summed E-state index contributed by atoms with van der Waals surface area (Å²) in [5, 5.41) is 14.8. The van der Waals surface area contributed by atoms with Gasteiger partial charge in [-0.05, 0) is 13.0 Å². The Labute approximate surface area is 89.1 Å². The van der Waals surface area contributed by atoms with Crippen molar-refractivity contribution in [3.8, 4) is 0 Å². The van der Waals surface area contributed by atoms with E-state index in [0.29, 0.717) is 0 Å². The normalized spacial score (nSPS) is 8.93. The van der Waals surface area contributed by atoms with Crippen LogP contribution in [0.1, 0.15) is 25.3 Å². The molecular weight excluding hydrogens is 196 g/mol. The van der Waals surface area contributed by atoms with Crippen LogP contribution in [0.25, 0.3) is 0 Å². The van der Waals surface area contributed by atoms with Crippen LogP contribution in [0.2, 0.25) is 0 Å². The Bertz CT molecular complexity index is 298. The van der Waals surface area contributed by atoms with Crippen molar-refractivity contribution in [1.29, 1.82) is 0 Å². The minimum atomic E-state index is -1.75. The van der Waals surface area contributed by atoms with Crippen LogP contribution >= 0.6 is 0 Å². The van der Waals surface area contributed by atoms with Gasteiger partial charge in [0.05, 0.1) is 5.09 Å². The van der Waals surface area contributed by atoms with Gasteiger partial charge in [0.1, 0.15) is 6.54 Å². The highest BCUT2D eigenvalue weighted by molar-refractivity contribution is 5.01. The van der Waals surface area contributed by atoms with Gasteiger partial charge in [-0.25, -0.2) is 4.57 Å². The van der Waals surface area contributed by atoms with Crippen LogP contribution in [0.15, 0.2) is 24.5 Å². The number of aromatic nitrogens is 1. The van der Waals surface area contributed by atoms with Gasteiger partial charge >= 0.3 is 0 Å². The number of hydrogen-bond acceptors (Lipinski definition) is 3. The van der Waals surface area contributed by atoms with E-state index in [4.69, 9.17) is 15.3 Å². The maximum atomic E-state index is 8.25. The van der Waals surface area contributed by atoms with Crippen LogP contribution in [-0.2, 0) is 6.54 Å². The summed E-state index contributed by atoms with van der Waals surface area (Å²) in [4.78, 5) is 8.25. The minimum Gasteiger partial charge on any atom is -0.356 e. The number of pyridine rings is 1. The molecule has 0 bridgehead atoms. The second kappa shape index (κ2) is 7.73. The Morgan fingerprint density at radius 1 is 1.47 bits per heavy atom. The van der Waals surface area contributed by atoms with Crippen LogP contribution in [-0.4, -0.2) is 5.09 Å². The Morgan fingerprint density at radius 2 is 2.07 bits per heavy atom. The van der Waals surface area contributed by atoms with E-state index in [2.05, 4.69) is 42.9 Å². The maximum absolute atomic E-state index is 8.25. The molecular formula is C10H16N2O3. The fourth-order valence-corrected chi connectivity index (χ4v) is 1.13. The molecule has 0 amide bonds. The second-order valence-corrected chi connectivity index (χ2v) is 3.20. The average molecular weight is 212 g/mol. The minimum absolute atomic E-state index is 1.15. The SMILES string of the molecule is CCCC[n+]1cccc(C)c1.O=[N+]([O-])[O-]. The van der Waals surface area contributed by atoms with Crippen molar-refractivity contribution in [1.82, 2.24) is 0 Å². The van der Waals surface area contributed by atoms with Gasteiger partial charge in [-0.3, -0.25) is 0 Å². The van der Waals surface area contributed by atoms with Crippen LogP contribution in [0.3, 0.4) is 0 Å². The highest BCUT2D eigenvalue weighted by atomic mass is 16.9. The molecule has 0 spiro atoms. The first-order valence-corrected chi connectivity index (χ1v) is 4.83. The van der Waals surface area contributed by atoms with E-state index in [1.807, 2.05) is 0 Å². The van der Waals surface area contributed by atoms with E-state index in [-0.39, 0.29) is 0 Å². The zero-order valence-electron chi connectivity index (χ0n) is 9.05. The molecule has 0 saturated carbocycles. The highest BCUT2D eigenvalue weighted by Gasteiger charge is 1.97. The van der Waals surface area contributed by atoms with E-state index in [9.17, 15) is 0 Å². The summed E-state index contributed by atoms with van der Waals surface area (Å²) >= 11 is 0. The first kappa shape index (κ1) is 13.4. The molecule has 1 aromatic heterocycles. The monoisotopic (exact) mass is 212 g/mol. The van der Waals surface area contributed by atoms with Gasteiger partial charge in [0.25, 0.3) is 0 Å². The number of hydrogen-bond donors (Lipinski definition) is 0. The molecule has 1 aromatic rings. The van der Waals surface area contributed by atoms with Crippen LogP contribution in [0, 0.1) is 22.2 Å². The first-order chi connectivity index (χ1) is 7.06. The third-order valence-corrected chi connectivity index (χ3v) is 1.78. The molecule has 0 aliphatic carbocycles. The second-order valence-electron chi connectivity index (χ2n) is 3.20. The molecule has 0 aliphatic rings. The fraction of sp³-hybridized carbons (Fsp3) is 0.500. The van der Waals surface area contributed by atoms with Crippen LogP contribution in [0.5, 0.6) is 0 Å². The molecule has 5 heteroatoms. The van der Waals surface area contributed by atoms with Crippen molar-refractivity contribution in [2.45, 2.75) is 33.2 Å². The summed E-state index contributed by atoms with van der Waals surface area (Å²) < 4.78 is 2.25. The molecule has 0 unspecified atom stereocenters. The first-order valence-electron chi connectivity index (χ1n) is 4.83. The fourth-order valence-electron chi connectivity index (χ4n) is 1.13. The summed E-state index contributed by atoms with van der Waals surface area (Å²) in [5.74, 6) is 0. The average Bonchev–Trinajstić information content (AvgIpc) is 2.14. The predicted molar refractivity (Wildman–Crippen MR) is 56.6 cm³/mol. The molecule has 0 saturated heterocycles. The summed E-state index contributed by atoms with van der Waals surface area (Å²) in [7, 11) is 0. The summed E-state index contributed by atoms with van der Waals surface area (Å²) in [6.45, 7) is 5.50. The number of unbranched alkanes of at least 4 members (excludes halogenated alkanes) is 1. The zero-order chi connectivity index (χ0) is 11.7. The van der Waals surface area contributed by atoms with Gasteiger partial charge in [0.15, 0.2) is 12.4 Å². The van der Waals surface area contributed by atoms with Gasteiger partial charge in [-0.1, -0.05) is 13.3 Å². The number of nitrogens with zero attached hydrogens (tertiary/aromatic N) is 2. The summed E-state index contributed by atoms with van der Waals surface area (Å²) in [5.41, 5.74) is 1.34. The highest BCUT2D eigenvalue weighted by Crippen LogP contribution is 1.91. The lowest BCUT2D eigenvalue weighted by atomic mass is 10.3. The standard InChI is InChI=1S/C10H16N.NO3/c1-3-4-7-11-8-5-6-10(2)9-11;2-1(3)4/h5-6,8-9H,3-4,7H2,1-2H3;/q+1;-1. The quantitative estimate of drug-likeness (QED) is 0.436. The van der Waals surface area contributed by atoms with Gasteiger partial charge in [-0.15, -0.1) is 0 Å². The lowest BCUT2D eigenvalue weighted by Crippen LogP contribution is -2.32. The molecule has 0 aromatic carbocycles. The van der Waals surface area contributed by atoms with Crippen LogP contribution in [0.4, 0.5) is 0 Å². The smallest absolute Gasteiger partial charge is 0.171 e. The number of aryl methyl sites for hydroxylation is 2. The van der Waals surface area contributed by atoms with Gasteiger partial charge < -0.3 is 15.3 Å². The van der Waals surface area contributed by atoms with Crippen molar-refractivity contribution in [2.75, 3.05) is 0 Å². The molecule has 0 radical (unpaired) electrons. The summed E-state index contributed by atoms with van der Waals surface area (Å²) in [6.07, 6.45) is 6.85. The number of rotatable bonds is 3. The molecule has 0 fully saturated rings. The third kappa shape index (κ3) is 8.67. The predicted octanol–water partition coefficient (Wildman–Crippen LogP) is 1.84. The summed E-state index contributed by atoms with van der Waals surface area (Å²) in [6, 6.07) is 4.23. The molecule has 1 heterocycles. The third-order valence-electron chi connectivity index (χ3n) is 1.78. The van der Waals surface area contributed by atoms with Gasteiger partial charge in [0, 0.05) is 18.1 Å². The molecule has 15 heavy (non-hydrogen) atoms. The maximum Gasteiger partial charge on any atom is 0.171 e. The Balaban J connectivity index is 0.000000423. The van der Waals surface area contributed by atoms with Crippen LogP contribution < -0.4 is 4.57 Å². The van der Waals surface area contributed by atoms with Crippen molar-refractivity contribution in [2.24, 2.45) is 0 Å². The molecule has 0 atom stereocenters. The molecule has 84 valence electrons. The van der Waals surface area contributed by atoms with Crippen molar-refractivity contribution in [3.05, 3.63) is 45.4 Å². The Kier molecular flexibility index (Phi) is 6.88. The molecule has 5 nitrogen and oxygen atoms in total. The van der Waals surface area contributed by atoms with Crippen molar-refractivity contribution in [3.63, 3.8) is 0 Å². The molecule has 0 N–H and O–H groups in total. The largest absolute Gasteiger partial charge is 0.356 e. The molecule has 1 rings (SSSR count). The lowest BCUT2D eigenvalue weighted by molar-refractivity contribution is -0.697. The topological polar surface area (TPSA) is 70.1 Å². The van der Waals surface area contributed by atoms with E-state index in [0.717, 1.165) is 6.54 Å². The lowest BCUT2D eigenvalue weighted by Gasteiger charge is -1.94. The Morgan fingerprint density at radius 3 is 2.53 bits per heavy atom. The van der Waals surface area contributed by atoms with E-state index >= 15 is 0 Å². The molecule has 0 aliphatic heterocycles. The van der Waals surface area contributed by atoms with E-state index in [1.54, 1.807) is 0 Å². The van der Waals surface area contributed by atoms with E-state index < -0.39 is 5.09 Å². The van der Waals surface area contributed by atoms with Crippen molar-refractivity contribution >= 4 is 0 Å². The van der Waals surface area contributed by atoms with E-state index in [1.165, 1.54) is 18.4 Å². The van der Waals surface area contributed by atoms with Gasteiger partial charge in [-0.2, -0.15) is 0 Å². The van der Waals surface area contributed by atoms with Crippen molar-refractivity contribution < 1.29 is 9.65 Å². The van der Waals surface area contributed by atoms with Gasteiger partial charge in [0.2, 0.25) is 0 Å². The zero-order valence-corrected chi connectivity index (χ0v) is 9.05.